The fourth-order valence-electron chi connectivity index (χ4n) is 1.99. The first kappa shape index (κ1) is 13.0. The molecule has 2 atom stereocenters. The third-order valence-corrected chi connectivity index (χ3v) is 3.21. The normalized spacial score (nSPS) is 23.6. The summed E-state index contributed by atoms with van der Waals surface area (Å²) in [7, 11) is 1.66. The van der Waals surface area contributed by atoms with Gasteiger partial charge in [0.15, 0.2) is 5.82 Å². The third kappa shape index (κ3) is 2.88. The van der Waals surface area contributed by atoms with Crippen LogP contribution < -0.4 is 10.6 Å². The number of hydrogen-bond acceptors (Lipinski definition) is 4. The van der Waals surface area contributed by atoms with Crippen LogP contribution in [-0.4, -0.2) is 41.9 Å². The minimum atomic E-state index is -0.200. The monoisotopic (exact) mass is 252 g/mol. The van der Waals surface area contributed by atoms with Gasteiger partial charge < -0.3 is 15.4 Å². The van der Waals surface area contributed by atoms with Gasteiger partial charge in [0.2, 0.25) is 5.91 Å². The fourth-order valence-corrected chi connectivity index (χ4v) is 1.99. The smallest absolute Gasteiger partial charge is 0.242 e. The average molecular weight is 252 g/mol. The summed E-state index contributed by atoms with van der Waals surface area (Å²) < 4.78 is 5.21. The lowest BCUT2D eigenvalue weighted by atomic mass is 10.1. The van der Waals surface area contributed by atoms with E-state index in [1.807, 2.05) is 6.07 Å². The van der Waals surface area contributed by atoms with Crippen LogP contribution in [0.25, 0.3) is 0 Å². The van der Waals surface area contributed by atoms with Crippen molar-refractivity contribution in [2.75, 3.05) is 19.0 Å². The molecule has 0 bridgehead atoms. The van der Waals surface area contributed by atoms with Gasteiger partial charge in [0.05, 0.1) is 12.1 Å². The van der Waals surface area contributed by atoms with Crippen LogP contribution in [-0.2, 0) is 9.53 Å². The number of nitrogens with one attached hydrogen (secondary N) is 3. The maximum absolute atomic E-state index is 12.0. The molecule has 3 N–H and O–H groups in total. The van der Waals surface area contributed by atoms with Gasteiger partial charge in [0.25, 0.3) is 0 Å². The van der Waals surface area contributed by atoms with E-state index in [2.05, 4.69) is 34.7 Å². The first-order chi connectivity index (χ1) is 8.60. The molecule has 0 radical (unpaired) electrons. The lowest BCUT2D eigenvalue weighted by Crippen LogP contribution is -2.35. The van der Waals surface area contributed by atoms with Gasteiger partial charge in [-0.15, -0.1) is 0 Å². The van der Waals surface area contributed by atoms with Crippen LogP contribution in [0.2, 0.25) is 0 Å². The van der Waals surface area contributed by atoms with Gasteiger partial charge in [-0.25, -0.2) is 0 Å². The topological polar surface area (TPSA) is 79.0 Å². The van der Waals surface area contributed by atoms with Crippen molar-refractivity contribution in [2.24, 2.45) is 0 Å². The number of carbonyl (C=O) groups is 1. The Bertz CT molecular complexity index is 416. The zero-order valence-electron chi connectivity index (χ0n) is 11.0. The molecule has 2 rings (SSSR count). The maximum Gasteiger partial charge on any atom is 0.242 e. The van der Waals surface area contributed by atoms with Crippen molar-refractivity contribution in [3.63, 3.8) is 0 Å². The number of rotatable bonds is 4. The van der Waals surface area contributed by atoms with E-state index >= 15 is 0 Å². The second-order valence-corrected chi connectivity index (χ2v) is 4.91. The first-order valence-electron chi connectivity index (χ1n) is 6.22. The summed E-state index contributed by atoms with van der Waals surface area (Å²) in [5.74, 6) is 0.883. The molecule has 0 aliphatic carbocycles. The molecule has 1 amide bonds. The summed E-state index contributed by atoms with van der Waals surface area (Å²) in [6, 6.07) is 1.67. The zero-order chi connectivity index (χ0) is 13.1. The molecule has 6 heteroatoms. The molecule has 0 spiro atoms. The summed E-state index contributed by atoms with van der Waals surface area (Å²) >= 11 is 0. The number of aromatic nitrogens is 2. The van der Waals surface area contributed by atoms with E-state index in [-0.39, 0.29) is 18.1 Å². The second kappa shape index (κ2) is 5.49. The lowest BCUT2D eigenvalue weighted by molar-refractivity contribution is -0.118. The number of aromatic amines is 1. The molecule has 1 saturated heterocycles. The molecule has 6 nitrogen and oxygen atoms in total. The van der Waals surface area contributed by atoms with E-state index in [1.54, 1.807) is 7.11 Å². The number of anilines is 1. The summed E-state index contributed by atoms with van der Waals surface area (Å²) in [4.78, 5) is 12.0. The van der Waals surface area contributed by atoms with Gasteiger partial charge in [-0.1, -0.05) is 13.8 Å². The van der Waals surface area contributed by atoms with Crippen LogP contribution >= 0.6 is 0 Å². The van der Waals surface area contributed by atoms with Crippen LogP contribution in [0.1, 0.15) is 31.9 Å². The van der Waals surface area contributed by atoms with Gasteiger partial charge in [-0.2, -0.15) is 5.10 Å². The Hall–Kier alpha value is -1.40. The average Bonchev–Trinajstić information content (AvgIpc) is 2.96. The van der Waals surface area contributed by atoms with E-state index < -0.39 is 0 Å². The molecular weight excluding hydrogens is 232 g/mol. The lowest BCUT2D eigenvalue weighted by Gasteiger charge is -2.09. The van der Waals surface area contributed by atoms with Crippen LogP contribution in [0.5, 0.6) is 0 Å². The predicted octanol–water partition coefficient (Wildman–Crippen LogP) is 0.848. The predicted molar refractivity (Wildman–Crippen MR) is 68.5 cm³/mol. The van der Waals surface area contributed by atoms with Crippen LogP contribution in [0, 0.1) is 0 Å². The van der Waals surface area contributed by atoms with Gasteiger partial charge in [-0.3, -0.25) is 9.89 Å². The van der Waals surface area contributed by atoms with Crippen molar-refractivity contribution in [1.29, 1.82) is 0 Å². The van der Waals surface area contributed by atoms with Gasteiger partial charge >= 0.3 is 0 Å². The van der Waals surface area contributed by atoms with E-state index in [9.17, 15) is 4.79 Å². The first-order valence-corrected chi connectivity index (χ1v) is 6.22. The Morgan fingerprint density at radius 3 is 2.94 bits per heavy atom. The number of H-pyrrole nitrogens is 1. The summed E-state index contributed by atoms with van der Waals surface area (Å²) in [5, 5.41) is 12.9. The SMILES string of the molecule is COC1CNC(C(=O)Nc2cc(C(C)C)[nH]n2)C1. The second-order valence-electron chi connectivity index (χ2n) is 4.91. The summed E-state index contributed by atoms with van der Waals surface area (Å²) in [5.41, 5.74) is 1.01. The molecule has 1 aromatic rings. The number of hydrogen-bond donors (Lipinski definition) is 3. The van der Waals surface area contributed by atoms with Gasteiger partial charge in [0, 0.05) is 25.4 Å². The number of ether oxygens (including phenoxy) is 1. The molecule has 2 unspecified atom stereocenters. The third-order valence-electron chi connectivity index (χ3n) is 3.21. The minimum absolute atomic E-state index is 0.0589. The molecule has 2 heterocycles. The molecule has 1 aliphatic heterocycles. The molecule has 0 saturated carbocycles. The van der Waals surface area contributed by atoms with E-state index in [1.165, 1.54) is 0 Å². The van der Waals surface area contributed by atoms with Crippen molar-refractivity contribution >= 4 is 11.7 Å². The molecule has 1 fully saturated rings. The highest BCUT2D eigenvalue weighted by molar-refractivity contribution is 5.94. The number of amides is 1. The highest BCUT2D eigenvalue weighted by Gasteiger charge is 2.29. The number of carbonyl (C=O) groups excluding carboxylic acids is 1. The molecule has 18 heavy (non-hydrogen) atoms. The van der Waals surface area contributed by atoms with Crippen LogP contribution in [0.3, 0.4) is 0 Å². The fraction of sp³-hybridized carbons (Fsp3) is 0.667. The van der Waals surface area contributed by atoms with Crippen LogP contribution in [0.4, 0.5) is 5.82 Å². The van der Waals surface area contributed by atoms with E-state index in [4.69, 9.17) is 4.74 Å². The van der Waals surface area contributed by atoms with Crippen molar-refractivity contribution in [3.05, 3.63) is 11.8 Å². The minimum Gasteiger partial charge on any atom is -0.380 e. The summed E-state index contributed by atoms with van der Waals surface area (Å²) in [6.45, 7) is 4.86. The molecule has 0 aromatic carbocycles. The maximum atomic E-state index is 12.0. The molecule has 1 aliphatic rings. The van der Waals surface area contributed by atoms with Crippen molar-refractivity contribution in [3.8, 4) is 0 Å². The standard InChI is InChI=1S/C12H20N4O2/c1-7(2)9-5-11(16-15-9)14-12(17)10-4-8(18-3)6-13-10/h5,7-8,10,13H,4,6H2,1-3H3,(H2,14,15,16,17). The highest BCUT2D eigenvalue weighted by atomic mass is 16.5. The summed E-state index contributed by atoms with van der Waals surface area (Å²) in [6.07, 6.45) is 0.815. The number of methoxy groups -OCH3 is 1. The quantitative estimate of drug-likeness (QED) is 0.742. The van der Waals surface area contributed by atoms with Crippen molar-refractivity contribution in [2.45, 2.75) is 38.3 Å². The largest absolute Gasteiger partial charge is 0.380 e. The molecule has 1 aromatic heterocycles. The highest BCUT2D eigenvalue weighted by Crippen LogP contribution is 2.16. The van der Waals surface area contributed by atoms with E-state index in [0.717, 1.165) is 5.69 Å². The van der Waals surface area contributed by atoms with Gasteiger partial charge in [-0.05, 0) is 12.3 Å². The van der Waals surface area contributed by atoms with Crippen LogP contribution in [0.15, 0.2) is 6.07 Å². The number of nitrogens with zero attached hydrogens (tertiary/aromatic N) is 1. The Morgan fingerprint density at radius 1 is 1.61 bits per heavy atom. The van der Waals surface area contributed by atoms with E-state index in [0.29, 0.717) is 24.7 Å². The van der Waals surface area contributed by atoms with Crippen molar-refractivity contribution < 1.29 is 9.53 Å². The van der Waals surface area contributed by atoms with Crippen molar-refractivity contribution in [1.82, 2.24) is 15.5 Å². The Balaban J connectivity index is 1.91. The molecule has 100 valence electrons. The molecular formula is C12H20N4O2. The van der Waals surface area contributed by atoms with Gasteiger partial charge in [0.1, 0.15) is 0 Å². The Morgan fingerprint density at radius 2 is 2.39 bits per heavy atom. The zero-order valence-corrected chi connectivity index (χ0v) is 11.0. The Labute approximate surface area is 106 Å². The Kier molecular flexibility index (Phi) is 3.98.